The molecule has 48 valence electrons. The summed E-state index contributed by atoms with van der Waals surface area (Å²) < 4.78 is 10.4. The maximum atomic E-state index is 5.18. The molecule has 0 unspecified atom stereocenters. The zero-order valence-electron chi connectivity index (χ0n) is 5.22. The van der Waals surface area contributed by atoms with E-state index in [-0.39, 0.29) is 6.29 Å². The van der Waals surface area contributed by atoms with Crippen molar-refractivity contribution in [2.75, 3.05) is 13.2 Å². The van der Waals surface area contributed by atoms with E-state index >= 15 is 0 Å². The van der Waals surface area contributed by atoms with E-state index in [1.54, 1.807) is 0 Å². The van der Waals surface area contributed by atoms with Gasteiger partial charge in [0.2, 0.25) is 0 Å². The summed E-state index contributed by atoms with van der Waals surface area (Å²) in [7, 11) is 0. The summed E-state index contributed by atoms with van der Waals surface area (Å²) >= 11 is 0. The van der Waals surface area contributed by atoms with Crippen LogP contribution in [0.25, 0.3) is 0 Å². The SMILES string of the molecule is CCO[C@@H]1CCCO1. The monoisotopic (exact) mass is 116 g/mol. The lowest BCUT2D eigenvalue weighted by Gasteiger charge is -2.06. The van der Waals surface area contributed by atoms with Gasteiger partial charge in [0, 0.05) is 19.6 Å². The fourth-order valence-electron chi connectivity index (χ4n) is 0.865. The lowest BCUT2D eigenvalue weighted by atomic mass is 10.4. The predicted octanol–water partition coefficient (Wildman–Crippen LogP) is 1.16. The second-order valence-electron chi connectivity index (χ2n) is 1.90. The van der Waals surface area contributed by atoms with E-state index in [4.69, 9.17) is 9.47 Å². The summed E-state index contributed by atoms with van der Waals surface area (Å²) in [4.78, 5) is 0. The summed E-state index contributed by atoms with van der Waals surface area (Å²) in [6.07, 6.45) is 2.35. The van der Waals surface area contributed by atoms with Gasteiger partial charge in [-0.25, -0.2) is 0 Å². The first-order chi connectivity index (χ1) is 3.93. The fourth-order valence-corrected chi connectivity index (χ4v) is 0.865. The van der Waals surface area contributed by atoms with Gasteiger partial charge in [-0.15, -0.1) is 0 Å². The topological polar surface area (TPSA) is 18.5 Å². The lowest BCUT2D eigenvalue weighted by molar-refractivity contribution is -0.106. The molecule has 0 amide bonds. The highest BCUT2D eigenvalue weighted by Crippen LogP contribution is 2.11. The molecule has 1 saturated heterocycles. The molecular formula is C6H12O2. The first-order valence-electron chi connectivity index (χ1n) is 3.16. The van der Waals surface area contributed by atoms with Crippen LogP contribution in [0.5, 0.6) is 0 Å². The van der Waals surface area contributed by atoms with Crippen molar-refractivity contribution >= 4 is 0 Å². The minimum atomic E-state index is 0.111. The highest BCUT2D eigenvalue weighted by atomic mass is 16.7. The van der Waals surface area contributed by atoms with Gasteiger partial charge in [0.25, 0.3) is 0 Å². The van der Waals surface area contributed by atoms with Crippen molar-refractivity contribution in [3.05, 3.63) is 0 Å². The Morgan fingerprint density at radius 3 is 3.12 bits per heavy atom. The summed E-state index contributed by atoms with van der Waals surface area (Å²) in [6, 6.07) is 0. The molecule has 0 aliphatic carbocycles. The Labute approximate surface area is 49.8 Å². The van der Waals surface area contributed by atoms with Gasteiger partial charge in [-0.05, 0) is 13.3 Å². The largest absolute Gasteiger partial charge is 0.353 e. The van der Waals surface area contributed by atoms with E-state index in [0.29, 0.717) is 0 Å². The van der Waals surface area contributed by atoms with Gasteiger partial charge in [-0.1, -0.05) is 0 Å². The molecule has 2 heteroatoms. The molecule has 0 spiro atoms. The van der Waals surface area contributed by atoms with Crippen molar-refractivity contribution in [1.82, 2.24) is 0 Å². The molecule has 1 rings (SSSR count). The van der Waals surface area contributed by atoms with Crippen molar-refractivity contribution in [2.24, 2.45) is 0 Å². The van der Waals surface area contributed by atoms with E-state index in [1.807, 2.05) is 6.92 Å². The Bertz CT molecular complexity index is 57.5. The molecule has 1 aliphatic heterocycles. The van der Waals surface area contributed by atoms with E-state index in [2.05, 4.69) is 0 Å². The maximum Gasteiger partial charge on any atom is 0.157 e. The van der Waals surface area contributed by atoms with Crippen LogP contribution in [0, 0.1) is 0 Å². The maximum absolute atomic E-state index is 5.18. The molecule has 0 saturated carbocycles. The van der Waals surface area contributed by atoms with Crippen LogP contribution in [0.1, 0.15) is 19.8 Å². The molecule has 2 nitrogen and oxygen atoms in total. The molecule has 0 aromatic rings. The minimum absolute atomic E-state index is 0.111. The molecule has 1 heterocycles. The van der Waals surface area contributed by atoms with Crippen LogP contribution < -0.4 is 0 Å². The molecule has 0 aromatic heterocycles. The third-order valence-electron chi connectivity index (χ3n) is 1.24. The Morgan fingerprint density at radius 2 is 2.62 bits per heavy atom. The average molecular weight is 116 g/mol. The summed E-state index contributed by atoms with van der Waals surface area (Å²) in [6.45, 7) is 3.64. The van der Waals surface area contributed by atoms with Crippen molar-refractivity contribution < 1.29 is 9.47 Å². The molecule has 8 heavy (non-hydrogen) atoms. The molecule has 1 aliphatic rings. The zero-order valence-corrected chi connectivity index (χ0v) is 5.22. The van der Waals surface area contributed by atoms with Gasteiger partial charge in [0.1, 0.15) is 0 Å². The molecule has 1 atom stereocenters. The van der Waals surface area contributed by atoms with Crippen LogP contribution >= 0.6 is 0 Å². The molecule has 1 fully saturated rings. The zero-order chi connectivity index (χ0) is 5.82. The van der Waals surface area contributed by atoms with Crippen molar-refractivity contribution in [2.45, 2.75) is 26.1 Å². The van der Waals surface area contributed by atoms with Crippen molar-refractivity contribution in [1.29, 1.82) is 0 Å². The summed E-state index contributed by atoms with van der Waals surface area (Å²) in [5, 5.41) is 0. The van der Waals surface area contributed by atoms with E-state index in [0.717, 1.165) is 26.1 Å². The first kappa shape index (κ1) is 6.05. The standard InChI is InChI=1S/C6H12O2/c1-2-7-6-4-3-5-8-6/h6H,2-5H2,1H3/t6-/m0/s1. The van der Waals surface area contributed by atoms with Crippen LogP contribution in [0.15, 0.2) is 0 Å². The third-order valence-corrected chi connectivity index (χ3v) is 1.24. The number of ether oxygens (including phenoxy) is 2. The number of hydrogen-bond acceptors (Lipinski definition) is 2. The van der Waals surface area contributed by atoms with Crippen molar-refractivity contribution in [3.8, 4) is 0 Å². The van der Waals surface area contributed by atoms with Gasteiger partial charge < -0.3 is 9.47 Å². The molecule has 0 radical (unpaired) electrons. The van der Waals surface area contributed by atoms with Gasteiger partial charge in [0.15, 0.2) is 6.29 Å². The van der Waals surface area contributed by atoms with Gasteiger partial charge in [0.05, 0.1) is 0 Å². The van der Waals surface area contributed by atoms with Crippen LogP contribution in [0.2, 0.25) is 0 Å². The lowest BCUT2D eigenvalue weighted by Crippen LogP contribution is -2.09. The minimum Gasteiger partial charge on any atom is -0.353 e. The first-order valence-corrected chi connectivity index (χ1v) is 3.16. The Morgan fingerprint density at radius 1 is 1.75 bits per heavy atom. The second kappa shape index (κ2) is 3.05. The Hall–Kier alpha value is -0.0800. The Kier molecular flexibility index (Phi) is 2.30. The summed E-state index contributed by atoms with van der Waals surface area (Å²) in [5.74, 6) is 0. The third kappa shape index (κ3) is 1.46. The molecule has 0 aromatic carbocycles. The van der Waals surface area contributed by atoms with Gasteiger partial charge in [-0.3, -0.25) is 0 Å². The van der Waals surface area contributed by atoms with E-state index in [9.17, 15) is 0 Å². The summed E-state index contributed by atoms with van der Waals surface area (Å²) in [5.41, 5.74) is 0. The van der Waals surface area contributed by atoms with Crippen LogP contribution in [-0.2, 0) is 9.47 Å². The molecule has 0 N–H and O–H groups in total. The van der Waals surface area contributed by atoms with Crippen molar-refractivity contribution in [3.63, 3.8) is 0 Å². The number of hydrogen-bond donors (Lipinski definition) is 0. The van der Waals surface area contributed by atoms with E-state index < -0.39 is 0 Å². The van der Waals surface area contributed by atoms with Gasteiger partial charge in [-0.2, -0.15) is 0 Å². The Balaban J connectivity index is 2.06. The fraction of sp³-hybridized carbons (Fsp3) is 1.00. The quantitative estimate of drug-likeness (QED) is 0.539. The number of rotatable bonds is 2. The highest BCUT2D eigenvalue weighted by Gasteiger charge is 2.13. The highest BCUT2D eigenvalue weighted by molar-refractivity contribution is 4.52. The van der Waals surface area contributed by atoms with Crippen LogP contribution in [0.3, 0.4) is 0 Å². The normalized spacial score (nSPS) is 28.9. The second-order valence-corrected chi connectivity index (χ2v) is 1.90. The average Bonchev–Trinajstić information content (AvgIpc) is 2.19. The van der Waals surface area contributed by atoms with Crippen LogP contribution in [0.4, 0.5) is 0 Å². The smallest absolute Gasteiger partial charge is 0.157 e. The molecule has 0 bridgehead atoms. The predicted molar refractivity (Wildman–Crippen MR) is 30.6 cm³/mol. The van der Waals surface area contributed by atoms with Crippen LogP contribution in [-0.4, -0.2) is 19.5 Å². The van der Waals surface area contributed by atoms with E-state index in [1.165, 1.54) is 0 Å². The molecular weight excluding hydrogens is 104 g/mol. The van der Waals surface area contributed by atoms with Gasteiger partial charge >= 0.3 is 0 Å².